The quantitative estimate of drug-likeness (QED) is 0.394. The number of nitrogens with zero attached hydrogens (tertiary/aromatic N) is 2. The minimum Gasteiger partial charge on any atom is -0.462 e. The monoisotopic (exact) mass is 398 g/mol. The van der Waals surface area contributed by atoms with Gasteiger partial charge in [0.05, 0.1) is 5.69 Å². The molecule has 0 spiro atoms. The molecule has 0 amide bonds. The number of thioether (sulfide) groups is 1. The number of hydrogen-bond donors (Lipinski definition) is 1. The van der Waals surface area contributed by atoms with Gasteiger partial charge < -0.3 is 10.0 Å². The van der Waals surface area contributed by atoms with E-state index in [1.165, 1.54) is 35.5 Å². The molecule has 1 aliphatic rings. The van der Waals surface area contributed by atoms with Crippen LogP contribution in [0.25, 0.3) is 0 Å². The van der Waals surface area contributed by atoms with E-state index in [9.17, 15) is 0 Å². The number of rotatable bonds is 5. The molecule has 0 saturated carbocycles. The third-order valence-corrected chi connectivity index (χ3v) is 6.76. The molecule has 1 N–H and O–H groups in total. The lowest BCUT2D eigenvalue weighted by Gasteiger charge is -2.30. The van der Waals surface area contributed by atoms with E-state index in [-0.39, 0.29) is 0 Å². The van der Waals surface area contributed by atoms with Crippen molar-refractivity contribution in [2.75, 3.05) is 24.7 Å². The fraction of sp³-hybridized carbons (Fsp3) is 0.364. The van der Waals surface area contributed by atoms with Crippen LogP contribution in [0.15, 0.2) is 52.3 Å². The Morgan fingerprint density at radius 2 is 2.04 bits per heavy atom. The SMILES string of the molecule is CCCCC1CN(c2ccccc2)c2cc(SC)c(C#CO)cc2SN1C. The second-order valence-electron chi connectivity index (χ2n) is 6.64. The van der Waals surface area contributed by atoms with Crippen molar-refractivity contribution < 1.29 is 5.11 Å². The second-order valence-corrected chi connectivity index (χ2v) is 8.68. The van der Waals surface area contributed by atoms with Crippen molar-refractivity contribution in [1.29, 1.82) is 0 Å². The van der Waals surface area contributed by atoms with Gasteiger partial charge in [-0.05, 0) is 61.9 Å². The van der Waals surface area contributed by atoms with E-state index in [0.29, 0.717) is 6.04 Å². The van der Waals surface area contributed by atoms with E-state index in [4.69, 9.17) is 5.11 Å². The van der Waals surface area contributed by atoms with Crippen molar-refractivity contribution in [2.24, 2.45) is 0 Å². The Balaban J connectivity index is 2.11. The minimum atomic E-state index is 0.465. The summed E-state index contributed by atoms with van der Waals surface area (Å²) in [6.45, 7) is 3.21. The molecule has 0 saturated heterocycles. The Morgan fingerprint density at radius 1 is 1.26 bits per heavy atom. The average molecular weight is 399 g/mol. The molecule has 0 aliphatic carbocycles. The summed E-state index contributed by atoms with van der Waals surface area (Å²) >= 11 is 3.45. The first-order valence-electron chi connectivity index (χ1n) is 9.28. The first-order valence-corrected chi connectivity index (χ1v) is 11.3. The number of benzene rings is 2. The first-order chi connectivity index (χ1) is 13.2. The van der Waals surface area contributed by atoms with Gasteiger partial charge in [-0.25, -0.2) is 4.31 Å². The number of para-hydroxylation sites is 1. The third kappa shape index (κ3) is 4.57. The number of anilines is 2. The van der Waals surface area contributed by atoms with E-state index < -0.39 is 0 Å². The van der Waals surface area contributed by atoms with Crippen molar-refractivity contribution in [3.05, 3.63) is 48.0 Å². The van der Waals surface area contributed by atoms with E-state index >= 15 is 0 Å². The van der Waals surface area contributed by atoms with Crippen LogP contribution >= 0.6 is 23.7 Å². The number of unbranched alkanes of at least 4 members (excludes halogenated alkanes) is 1. The number of aliphatic hydroxyl groups excluding tert-OH is 1. The molecule has 3 nitrogen and oxygen atoms in total. The molecule has 2 aromatic rings. The smallest absolute Gasteiger partial charge is 0.113 e. The van der Waals surface area contributed by atoms with Crippen LogP contribution in [0.3, 0.4) is 0 Å². The van der Waals surface area contributed by atoms with Gasteiger partial charge in [0, 0.05) is 33.6 Å². The lowest BCUT2D eigenvalue weighted by atomic mass is 10.1. The van der Waals surface area contributed by atoms with Crippen LogP contribution in [0.5, 0.6) is 0 Å². The zero-order valence-corrected chi connectivity index (χ0v) is 17.7. The topological polar surface area (TPSA) is 26.7 Å². The van der Waals surface area contributed by atoms with Crippen LogP contribution in [0.2, 0.25) is 0 Å². The van der Waals surface area contributed by atoms with E-state index in [2.05, 4.69) is 83.9 Å². The first kappa shape index (κ1) is 20.0. The number of fused-ring (bicyclic) bond motifs is 1. The van der Waals surface area contributed by atoms with Gasteiger partial charge in [0.25, 0.3) is 0 Å². The van der Waals surface area contributed by atoms with Crippen LogP contribution in [0, 0.1) is 12.0 Å². The normalized spacial score (nSPS) is 17.0. The highest BCUT2D eigenvalue weighted by Gasteiger charge is 2.28. The van der Waals surface area contributed by atoms with Crippen LogP contribution in [-0.2, 0) is 0 Å². The Kier molecular flexibility index (Phi) is 7.01. The molecule has 2 aromatic carbocycles. The number of hydrogen-bond acceptors (Lipinski definition) is 5. The highest BCUT2D eigenvalue weighted by atomic mass is 32.2. The summed E-state index contributed by atoms with van der Waals surface area (Å²) in [4.78, 5) is 4.70. The summed E-state index contributed by atoms with van der Waals surface area (Å²) in [5.41, 5.74) is 3.30. The van der Waals surface area contributed by atoms with Crippen LogP contribution in [0.1, 0.15) is 31.7 Å². The van der Waals surface area contributed by atoms with Gasteiger partial charge in [0.15, 0.2) is 0 Å². The zero-order chi connectivity index (χ0) is 19.2. The fourth-order valence-corrected chi connectivity index (χ4v) is 5.00. The number of aliphatic hydroxyl groups is 1. The highest BCUT2D eigenvalue weighted by Crippen LogP contribution is 2.43. The molecule has 5 heteroatoms. The molecule has 142 valence electrons. The molecular weight excluding hydrogens is 372 g/mol. The minimum absolute atomic E-state index is 0.465. The van der Waals surface area contributed by atoms with Crippen molar-refractivity contribution in [3.63, 3.8) is 0 Å². The molecular formula is C22H26N2OS2. The zero-order valence-electron chi connectivity index (χ0n) is 16.1. The molecule has 0 radical (unpaired) electrons. The summed E-state index contributed by atoms with van der Waals surface area (Å²) in [6.07, 6.45) is 7.74. The number of likely N-dealkylation sites (N-methyl/N-ethyl adjacent to an activating group) is 1. The Labute approximate surface area is 171 Å². The van der Waals surface area contributed by atoms with Crippen LogP contribution < -0.4 is 4.90 Å². The summed E-state index contributed by atoms with van der Waals surface area (Å²) in [5.74, 6) is 2.85. The molecule has 1 heterocycles. The largest absolute Gasteiger partial charge is 0.462 e. The highest BCUT2D eigenvalue weighted by molar-refractivity contribution is 7.98. The van der Waals surface area contributed by atoms with E-state index in [1.807, 2.05) is 0 Å². The molecule has 1 unspecified atom stereocenters. The van der Waals surface area contributed by atoms with Crippen LogP contribution in [-0.4, -0.2) is 35.3 Å². The van der Waals surface area contributed by atoms with Crippen molar-refractivity contribution in [2.45, 2.75) is 42.0 Å². The molecule has 1 aliphatic heterocycles. The standard InChI is InChI=1S/C22H26N2OS2/c1-4-5-9-19-16-24(18-10-7-6-8-11-18)20-15-21(26-3)17(12-13-25)14-22(20)27-23(19)2/h6-8,10-11,14-15,19,25H,4-5,9,16H2,1-3H3. The predicted molar refractivity (Wildman–Crippen MR) is 117 cm³/mol. The van der Waals surface area contributed by atoms with Gasteiger partial charge in [-0.3, -0.25) is 0 Å². The van der Waals surface area contributed by atoms with Crippen molar-refractivity contribution in [3.8, 4) is 12.0 Å². The van der Waals surface area contributed by atoms with Crippen LogP contribution in [0.4, 0.5) is 11.4 Å². The molecule has 1 atom stereocenters. The van der Waals surface area contributed by atoms with Crippen molar-refractivity contribution in [1.82, 2.24) is 4.31 Å². The molecule has 0 aromatic heterocycles. The summed E-state index contributed by atoms with van der Waals surface area (Å²) in [5, 5.41) is 9.12. The van der Waals surface area contributed by atoms with Gasteiger partial charge in [0.2, 0.25) is 0 Å². The fourth-order valence-electron chi connectivity index (χ4n) is 3.38. The summed E-state index contributed by atoms with van der Waals surface area (Å²) < 4.78 is 2.38. The maximum Gasteiger partial charge on any atom is 0.113 e. The Bertz CT molecular complexity index is 829. The Hall–Kier alpha value is -1.74. The predicted octanol–water partition coefficient (Wildman–Crippen LogP) is 5.74. The lowest BCUT2D eigenvalue weighted by Crippen LogP contribution is -2.35. The summed E-state index contributed by atoms with van der Waals surface area (Å²) in [6, 6.07) is 15.4. The third-order valence-electron chi connectivity index (χ3n) is 4.87. The van der Waals surface area contributed by atoms with Gasteiger partial charge in [0.1, 0.15) is 6.11 Å². The Morgan fingerprint density at radius 3 is 2.70 bits per heavy atom. The van der Waals surface area contributed by atoms with Gasteiger partial charge in [-0.15, -0.1) is 11.8 Å². The molecule has 0 fully saturated rings. The van der Waals surface area contributed by atoms with Gasteiger partial charge in [-0.2, -0.15) is 0 Å². The second kappa shape index (κ2) is 9.45. The molecule has 3 rings (SSSR count). The summed E-state index contributed by atoms with van der Waals surface area (Å²) in [7, 11) is 2.18. The molecule has 0 bridgehead atoms. The van der Waals surface area contributed by atoms with Crippen molar-refractivity contribution >= 4 is 35.1 Å². The van der Waals surface area contributed by atoms with Gasteiger partial charge >= 0.3 is 0 Å². The lowest BCUT2D eigenvalue weighted by molar-refractivity contribution is 0.382. The molecule has 27 heavy (non-hydrogen) atoms. The maximum absolute atomic E-state index is 9.12. The van der Waals surface area contributed by atoms with Gasteiger partial charge in [-0.1, -0.05) is 38.0 Å². The van der Waals surface area contributed by atoms with E-state index in [1.54, 1.807) is 23.7 Å². The average Bonchev–Trinajstić information content (AvgIpc) is 2.82. The van der Waals surface area contributed by atoms with E-state index in [0.717, 1.165) is 17.0 Å². The maximum atomic E-state index is 9.12.